The van der Waals surface area contributed by atoms with Gasteiger partial charge in [0, 0.05) is 48.8 Å². The van der Waals surface area contributed by atoms with E-state index in [1.807, 2.05) is 54.6 Å². The lowest BCUT2D eigenvalue weighted by Gasteiger charge is -2.22. The molecule has 12 heteroatoms. The minimum absolute atomic E-state index is 0.0482. The Balaban J connectivity index is 0.960. The van der Waals surface area contributed by atoms with Gasteiger partial charge in [-0.2, -0.15) is 0 Å². The van der Waals surface area contributed by atoms with Crippen LogP contribution in [-0.4, -0.2) is 63.6 Å². The van der Waals surface area contributed by atoms with Crippen LogP contribution in [-0.2, 0) is 30.8 Å². The second-order valence-corrected chi connectivity index (χ2v) is 13.9. The molecule has 4 heterocycles. The van der Waals surface area contributed by atoms with Crippen molar-refractivity contribution in [2.45, 2.75) is 38.1 Å². The number of methoxy groups -OCH3 is 3. The third-order valence-electron chi connectivity index (χ3n) is 10.5. The molecule has 5 aromatic rings. The highest BCUT2D eigenvalue weighted by atomic mass is 16.5. The van der Waals surface area contributed by atoms with Gasteiger partial charge in [0.2, 0.25) is 0 Å². The van der Waals surface area contributed by atoms with Crippen molar-refractivity contribution in [2.75, 3.05) is 31.1 Å². The number of aliphatic imine (C=N–C) groups is 2. The molecule has 0 spiro atoms. The molecule has 9 rings (SSSR count). The third-order valence-corrected chi connectivity index (χ3v) is 10.5. The predicted octanol–water partition coefficient (Wildman–Crippen LogP) is 7.22. The first-order valence-corrected chi connectivity index (χ1v) is 18.2. The number of anilines is 2. The fraction of sp³-hybridized carbons (Fsp3) is 0.205. The SMILES string of the molecule is COC(=O)c1cc(COc2cc3c(cc2OC)C(=O)N2c4ccccc4C[C@H]2C=N3)cc(COc2cc3c(cc2OC)C(=O)N2c4ccccc4C[C@H]2C=N3)c1. The molecule has 2 atom stereocenters. The first kappa shape index (κ1) is 34.8. The number of carbonyl (C=O) groups is 3. The molecule has 0 radical (unpaired) electrons. The Morgan fingerprint density at radius 2 is 1.09 bits per heavy atom. The Bertz CT molecular complexity index is 2350. The third kappa shape index (κ3) is 5.99. The lowest BCUT2D eigenvalue weighted by atomic mass is 10.1. The average molecular weight is 749 g/mol. The maximum atomic E-state index is 13.9. The van der Waals surface area contributed by atoms with Crippen LogP contribution in [0.2, 0.25) is 0 Å². The summed E-state index contributed by atoms with van der Waals surface area (Å²) in [6, 6.07) is 27.3. The van der Waals surface area contributed by atoms with E-state index < -0.39 is 5.97 Å². The van der Waals surface area contributed by atoms with E-state index in [0.29, 0.717) is 75.0 Å². The van der Waals surface area contributed by atoms with E-state index in [1.54, 1.807) is 58.6 Å². The summed E-state index contributed by atoms with van der Waals surface area (Å²) in [7, 11) is 4.35. The number of nitrogens with zero attached hydrogens (tertiary/aromatic N) is 4. The number of rotatable bonds is 9. The van der Waals surface area contributed by atoms with Gasteiger partial charge in [-0.3, -0.25) is 29.4 Å². The zero-order chi connectivity index (χ0) is 38.5. The number of ether oxygens (including phenoxy) is 5. The maximum Gasteiger partial charge on any atom is 0.337 e. The minimum atomic E-state index is -0.525. The van der Waals surface area contributed by atoms with Gasteiger partial charge in [0.15, 0.2) is 23.0 Å². The molecule has 0 bridgehead atoms. The van der Waals surface area contributed by atoms with E-state index in [-0.39, 0.29) is 37.1 Å². The van der Waals surface area contributed by atoms with Gasteiger partial charge in [0.05, 0.1) is 61.5 Å². The highest BCUT2D eigenvalue weighted by Gasteiger charge is 2.38. The van der Waals surface area contributed by atoms with Crippen molar-refractivity contribution in [1.29, 1.82) is 0 Å². The van der Waals surface area contributed by atoms with Crippen LogP contribution < -0.4 is 28.7 Å². The first-order chi connectivity index (χ1) is 27.3. The molecule has 2 amide bonds. The van der Waals surface area contributed by atoms with Crippen LogP contribution in [0.4, 0.5) is 22.7 Å². The summed E-state index contributed by atoms with van der Waals surface area (Å²) >= 11 is 0. The largest absolute Gasteiger partial charge is 0.493 e. The number of carbonyl (C=O) groups excluding carboxylic acids is 3. The molecule has 0 N–H and O–H groups in total. The van der Waals surface area contributed by atoms with Crippen molar-refractivity contribution in [3.8, 4) is 23.0 Å². The van der Waals surface area contributed by atoms with Gasteiger partial charge in [-0.05, 0) is 64.7 Å². The van der Waals surface area contributed by atoms with Crippen molar-refractivity contribution >= 4 is 53.0 Å². The lowest BCUT2D eigenvalue weighted by Crippen LogP contribution is -2.37. The van der Waals surface area contributed by atoms with Crippen LogP contribution in [0.1, 0.15) is 53.3 Å². The molecule has 0 aromatic heterocycles. The minimum Gasteiger partial charge on any atom is -0.493 e. The van der Waals surface area contributed by atoms with Gasteiger partial charge >= 0.3 is 5.97 Å². The Morgan fingerprint density at radius 1 is 0.625 bits per heavy atom. The molecule has 5 aromatic carbocycles. The van der Waals surface area contributed by atoms with E-state index >= 15 is 0 Å². The molecule has 0 saturated carbocycles. The summed E-state index contributed by atoms with van der Waals surface area (Å²) in [6.07, 6.45) is 4.98. The number of fused-ring (bicyclic) bond motifs is 8. The summed E-state index contributed by atoms with van der Waals surface area (Å²) in [5.41, 5.74) is 7.34. The van der Waals surface area contributed by atoms with E-state index in [2.05, 4.69) is 0 Å². The van der Waals surface area contributed by atoms with Crippen LogP contribution in [0.15, 0.2) is 101 Å². The Hall–Kier alpha value is -6.95. The topological polar surface area (TPSA) is 129 Å². The zero-order valence-electron chi connectivity index (χ0n) is 30.9. The summed E-state index contributed by atoms with van der Waals surface area (Å²) in [5, 5.41) is 0. The molecule has 12 nitrogen and oxygen atoms in total. The van der Waals surface area contributed by atoms with Crippen LogP contribution >= 0.6 is 0 Å². The number of hydrogen-bond donors (Lipinski definition) is 0. The number of para-hydroxylation sites is 2. The maximum absolute atomic E-state index is 13.9. The van der Waals surface area contributed by atoms with Crippen LogP contribution in [0.5, 0.6) is 23.0 Å². The number of esters is 1. The van der Waals surface area contributed by atoms with Gasteiger partial charge in [0.1, 0.15) is 13.2 Å². The second kappa shape index (κ2) is 14.0. The van der Waals surface area contributed by atoms with Gasteiger partial charge in [0.25, 0.3) is 11.8 Å². The first-order valence-electron chi connectivity index (χ1n) is 18.2. The van der Waals surface area contributed by atoms with Crippen molar-refractivity contribution in [3.05, 3.63) is 130 Å². The summed E-state index contributed by atoms with van der Waals surface area (Å²) < 4.78 is 29.0. The van der Waals surface area contributed by atoms with Gasteiger partial charge in [-0.15, -0.1) is 0 Å². The van der Waals surface area contributed by atoms with E-state index in [0.717, 1.165) is 22.5 Å². The molecule has 280 valence electrons. The summed E-state index contributed by atoms with van der Waals surface area (Å²) in [5.74, 6) is 0.649. The van der Waals surface area contributed by atoms with Crippen molar-refractivity contribution in [2.24, 2.45) is 9.98 Å². The van der Waals surface area contributed by atoms with E-state index in [4.69, 9.17) is 33.7 Å². The van der Waals surface area contributed by atoms with Crippen molar-refractivity contribution in [1.82, 2.24) is 0 Å². The average Bonchev–Trinajstić information content (AvgIpc) is 3.72. The fourth-order valence-corrected chi connectivity index (χ4v) is 7.86. The Kier molecular flexibility index (Phi) is 8.72. The second-order valence-electron chi connectivity index (χ2n) is 13.9. The molecular formula is C44H36N4O8. The highest BCUT2D eigenvalue weighted by molar-refractivity contribution is 6.15. The lowest BCUT2D eigenvalue weighted by molar-refractivity contribution is 0.0600. The normalized spacial score (nSPS) is 17.1. The predicted molar refractivity (Wildman–Crippen MR) is 210 cm³/mol. The van der Waals surface area contributed by atoms with Gasteiger partial charge in [-0.25, -0.2) is 4.79 Å². The van der Waals surface area contributed by atoms with E-state index in [9.17, 15) is 14.4 Å². The smallest absolute Gasteiger partial charge is 0.337 e. The molecule has 0 saturated heterocycles. The van der Waals surface area contributed by atoms with Crippen LogP contribution in [0.25, 0.3) is 0 Å². The van der Waals surface area contributed by atoms with Crippen LogP contribution in [0.3, 0.4) is 0 Å². The molecule has 4 aliphatic heterocycles. The molecule has 0 fully saturated rings. The zero-order valence-corrected chi connectivity index (χ0v) is 30.9. The molecule has 56 heavy (non-hydrogen) atoms. The molecule has 4 aliphatic rings. The highest BCUT2D eigenvalue weighted by Crippen LogP contribution is 2.43. The van der Waals surface area contributed by atoms with Crippen molar-refractivity contribution < 1.29 is 38.1 Å². The molecule has 0 unspecified atom stereocenters. The Morgan fingerprint density at radius 3 is 1.54 bits per heavy atom. The molecule has 0 aliphatic carbocycles. The standard InChI is InChI=1S/C44H36N4O8/c1-52-38-17-32-34(45-21-30-15-27-8-4-6-10-36(27)47(30)42(32)49)19-40(38)55-23-25-12-26(14-29(13-25)44(51)54-3)24-56-41-20-35-33(18-39(41)53-2)43(50)48-31(22-46-35)16-28-9-5-7-11-37(28)48/h4-14,17-22,30-31H,15-16,23-24H2,1-3H3/t30-,31-/m0/s1. The van der Waals surface area contributed by atoms with Gasteiger partial charge in [-0.1, -0.05) is 36.4 Å². The number of hydrogen-bond acceptors (Lipinski definition) is 10. The summed E-state index contributed by atoms with van der Waals surface area (Å²) in [6.45, 7) is 0.0963. The fourth-order valence-electron chi connectivity index (χ4n) is 7.86. The number of amides is 2. The monoisotopic (exact) mass is 748 g/mol. The number of benzene rings is 5. The molecular weight excluding hydrogens is 713 g/mol. The van der Waals surface area contributed by atoms with Gasteiger partial charge < -0.3 is 23.7 Å². The summed E-state index contributed by atoms with van der Waals surface area (Å²) in [4.78, 5) is 53.5. The van der Waals surface area contributed by atoms with E-state index in [1.165, 1.54) is 21.3 Å². The van der Waals surface area contributed by atoms with Crippen molar-refractivity contribution in [3.63, 3.8) is 0 Å². The van der Waals surface area contributed by atoms with Crippen LogP contribution in [0, 0.1) is 0 Å². The Labute approximate surface area is 322 Å². The quantitative estimate of drug-likeness (QED) is 0.145.